The Hall–Kier alpha value is 0.880. The van der Waals surface area contributed by atoms with Gasteiger partial charge in [-0.3, -0.25) is 0 Å². The summed E-state index contributed by atoms with van der Waals surface area (Å²) in [5, 5.41) is 0. The third-order valence-corrected chi connectivity index (χ3v) is 0.599. The topological polar surface area (TPSA) is 52.0 Å². The monoisotopic (exact) mass is 218 g/mol. The molecule has 0 aliphatic heterocycles. The molecule has 0 amide bonds. The first-order valence-corrected chi connectivity index (χ1v) is 2.28. The summed E-state index contributed by atoms with van der Waals surface area (Å²) in [7, 11) is 0. The maximum Gasteiger partial charge on any atom is 0.0729 e. The van der Waals surface area contributed by atoms with Gasteiger partial charge in [0.15, 0.2) is 0 Å². The van der Waals surface area contributed by atoms with Crippen LogP contribution in [0.1, 0.15) is 0 Å². The van der Waals surface area contributed by atoms with Gasteiger partial charge >= 0.3 is 0 Å². The Morgan fingerprint density at radius 2 is 1.83 bits per heavy atom. The van der Waals surface area contributed by atoms with Crippen molar-refractivity contribution in [3.05, 3.63) is 0 Å². The second-order valence-electron chi connectivity index (χ2n) is 0.752. The van der Waals surface area contributed by atoms with Crippen LogP contribution in [0.5, 0.6) is 0 Å². The molecular weight excluding hydrogens is 212 g/mol. The van der Waals surface area contributed by atoms with Gasteiger partial charge in [-0.05, 0) is 0 Å². The lowest BCUT2D eigenvalue weighted by molar-refractivity contribution is 0.928. The summed E-state index contributed by atoms with van der Waals surface area (Å²) < 4.78 is 0. The number of hydrogen-bond donors (Lipinski definition) is 2. The molecule has 0 fully saturated rings. The van der Waals surface area contributed by atoms with E-state index in [1.807, 2.05) is 0 Å². The van der Waals surface area contributed by atoms with Crippen LogP contribution in [0, 0.1) is 0 Å². The Morgan fingerprint density at radius 3 is 1.83 bits per heavy atom. The van der Waals surface area contributed by atoms with Crippen LogP contribution >= 0.6 is 32.9 Å². The van der Waals surface area contributed by atoms with Gasteiger partial charge in [-0.15, -0.1) is 17.0 Å². The zero-order valence-corrected chi connectivity index (χ0v) is 6.52. The largest absolute Gasteiger partial charge is 0.328 e. The molecule has 0 aromatic rings. The van der Waals surface area contributed by atoms with Crippen molar-refractivity contribution >= 4 is 32.9 Å². The molecule has 0 aliphatic rings. The number of nitrogens with two attached hydrogens (primary N) is 2. The van der Waals surface area contributed by atoms with E-state index < -0.39 is 0 Å². The molecule has 0 rings (SSSR count). The molecule has 2 nitrogen and oxygen atoms in total. The Morgan fingerprint density at radius 1 is 1.67 bits per heavy atom. The van der Waals surface area contributed by atoms with E-state index in [-0.39, 0.29) is 21.9 Å². The van der Waals surface area contributed by atoms with Crippen molar-refractivity contribution in [2.24, 2.45) is 11.5 Å². The van der Waals surface area contributed by atoms with Gasteiger partial charge in [0.25, 0.3) is 0 Å². The number of alkyl halides is 1. The van der Waals surface area contributed by atoms with E-state index in [9.17, 15) is 0 Å². The Balaban J connectivity index is 0. The minimum absolute atomic E-state index is 0. The highest BCUT2D eigenvalue weighted by Gasteiger charge is 1.82. The number of hydrogen-bond acceptors (Lipinski definition) is 2. The maximum atomic E-state index is 5.08. The van der Waals surface area contributed by atoms with Gasteiger partial charge in [-0.25, -0.2) is 0 Å². The second kappa shape index (κ2) is 5.88. The molecule has 0 saturated carbocycles. The SMILES string of the molecule is Br.NCC(N)Br. The molecule has 0 radical (unpaired) electrons. The molecule has 1 unspecified atom stereocenters. The fourth-order valence-corrected chi connectivity index (χ4v) is 0. The summed E-state index contributed by atoms with van der Waals surface area (Å²) in [4.78, 5) is -0.0255. The smallest absolute Gasteiger partial charge is 0.0729 e. The molecular formula is C2H8Br2N2. The van der Waals surface area contributed by atoms with Crippen molar-refractivity contribution in [3.63, 3.8) is 0 Å². The zero-order valence-electron chi connectivity index (χ0n) is 3.23. The van der Waals surface area contributed by atoms with Crippen molar-refractivity contribution in [2.75, 3.05) is 6.54 Å². The average molecular weight is 220 g/mol. The molecule has 40 valence electrons. The quantitative estimate of drug-likeness (QED) is 0.489. The van der Waals surface area contributed by atoms with Gasteiger partial charge in [-0.2, -0.15) is 0 Å². The molecule has 0 spiro atoms. The van der Waals surface area contributed by atoms with E-state index in [1.54, 1.807) is 0 Å². The molecule has 0 aromatic carbocycles. The van der Waals surface area contributed by atoms with E-state index in [4.69, 9.17) is 11.5 Å². The first-order chi connectivity index (χ1) is 2.27. The molecule has 1 atom stereocenters. The van der Waals surface area contributed by atoms with Gasteiger partial charge in [0.2, 0.25) is 0 Å². The molecule has 0 bridgehead atoms. The molecule has 4 heteroatoms. The summed E-state index contributed by atoms with van der Waals surface area (Å²) in [6.07, 6.45) is 0. The van der Waals surface area contributed by atoms with Crippen molar-refractivity contribution in [1.29, 1.82) is 0 Å². The predicted octanol–water partition coefficient (Wildman–Crippen LogP) is 0.203. The average Bonchev–Trinajstić information content (AvgIpc) is 1.38. The first-order valence-electron chi connectivity index (χ1n) is 1.37. The van der Waals surface area contributed by atoms with Crippen molar-refractivity contribution in [2.45, 2.75) is 4.95 Å². The predicted molar refractivity (Wildman–Crippen MR) is 36.3 cm³/mol. The second-order valence-corrected chi connectivity index (χ2v) is 1.93. The molecule has 0 aromatic heterocycles. The molecule has 4 N–H and O–H groups in total. The molecule has 0 saturated heterocycles. The van der Waals surface area contributed by atoms with Crippen LogP contribution in [-0.4, -0.2) is 11.5 Å². The fraction of sp³-hybridized carbons (Fsp3) is 1.00. The van der Waals surface area contributed by atoms with Crippen molar-refractivity contribution in [1.82, 2.24) is 0 Å². The first kappa shape index (κ1) is 9.99. The normalized spacial score (nSPS) is 12.5. The van der Waals surface area contributed by atoms with Crippen LogP contribution in [0.3, 0.4) is 0 Å². The lowest BCUT2D eigenvalue weighted by atomic mass is 10.7. The third-order valence-electron chi connectivity index (χ3n) is 0.225. The van der Waals surface area contributed by atoms with Crippen LogP contribution in [0.2, 0.25) is 0 Å². The molecule has 6 heavy (non-hydrogen) atoms. The van der Waals surface area contributed by atoms with Crippen LogP contribution in [0.4, 0.5) is 0 Å². The summed E-state index contributed by atoms with van der Waals surface area (Å²) in [5.41, 5.74) is 10.1. The van der Waals surface area contributed by atoms with Crippen LogP contribution in [-0.2, 0) is 0 Å². The highest BCUT2D eigenvalue weighted by molar-refractivity contribution is 9.09. The summed E-state index contributed by atoms with van der Waals surface area (Å²) >= 11 is 3.03. The van der Waals surface area contributed by atoms with E-state index >= 15 is 0 Å². The minimum atomic E-state index is -0.0255. The fourth-order valence-electron chi connectivity index (χ4n) is 0. The van der Waals surface area contributed by atoms with E-state index in [0.29, 0.717) is 6.54 Å². The third kappa shape index (κ3) is 8.86. The van der Waals surface area contributed by atoms with Crippen LogP contribution < -0.4 is 11.5 Å². The lowest BCUT2D eigenvalue weighted by Gasteiger charge is -1.89. The van der Waals surface area contributed by atoms with E-state index in [2.05, 4.69) is 15.9 Å². The summed E-state index contributed by atoms with van der Waals surface area (Å²) in [5.74, 6) is 0. The van der Waals surface area contributed by atoms with Crippen LogP contribution in [0.25, 0.3) is 0 Å². The Bertz CT molecular complexity index is 23.5. The minimum Gasteiger partial charge on any atom is -0.328 e. The highest BCUT2D eigenvalue weighted by Crippen LogP contribution is 1.80. The van der Waals surface area contributed by atoms with Crippen molar-refractivity contribution in [3.8, 4) is 0 Å². The summed E-state index contributed by atoms with van der Waals surface area (Å²) in [6.45, 7) is 0.500. The zero-order chi connectivity index (χ0) is 4.28. The van der Waals surface area contributed by atoms with Crippen molar-refractivity contribution < 1.29 is 0 Å². The van der Waals surface area contributed by atoms with Gasteiger partial charge in [0.1, 0.15) is 0 Å². The van der Waals surface area contributed by atoms with Gasteiger partial charge in [-0.1, -0.05) is 15.9 Å². The van der Waals surface area contributed by atoms with Gasteiger partial charge in [0, 0.05) is 6.54 Å². The Labute approximate surface area is 56.2 Å². The standard InChI is InChI=1S/C2H7BrN2.BrH/c3-2(5)1-4;/h2H,1,4-5H2;1H. The number of halogens is 2. The number of rotatable bonds is 1. The maximum absolute atomic E-state index is 5.08. The highest BCUT2D eigenvalue weighted by atomic mass is 79.9. The Kier molecular flexibility index (Phi) is 9.79. The van der Waals surface area contributed by atoms with Gasteiger partial charge < -0.3 is 11.5 Å². The van der Waals surface area contributed by atoms with E-state index in [1.165, 1.54) is 0 Å². The molecule has 0 aliphatic carbocycles. The van der Waals surface area contributed by atoms with E-state index in [0.717, 1.165) is 0 Å². The summed E-state index contributed by atoms with van der Waals surface area (Å²) in [6, 6.07) is 0. The lowest BCUT2D eigenvalue weighted by Crippen LogP contribution is -2.22. The van der Waals surface area contributed by atoms with Gasteiger partial charge in [0.05, 0.1) is 4.95 Å². The molecule has 0 heterocycles. The van der Waals surface area contributed by atoms with Crippen LogP contribution in [0.15, 0.2) is 0 Å².